The Labute approximate surface area is 104 Å². The smallest absolute Gasteiger partial charge is 0.103 e. The summed E-state index contributed by atoms with van der Waals surface area (Å²) in [5.74, 6) is 1.59. The molecule has 1 aromatic rings. The summed E-state index contributed by atoms with van der Waals surface area (Å²) in [6.45, 7) is 0. The molecule has 0 bridgehead atoms. The third-order valence-electron chi connectivity index (χ3n) is 3.59. The van der Waals surface area contributed by atoms with E-state index in [9.17, 15) is 0 Å². The maximum atomic E-state index is 6.16. The van der Waals surface area contributed by atoms with Gasteiger partial charge in [0.1, 0.15) is 5.84 Å². The van der Waals surface area contributed by atoms with Gasteiger partial charge >= 0.3 is 0 Å². The molecule has 1 heterocycles. The van der Waals surface area contributed by atoms with Gasteiger partial charge in [-0.05, 0) is 36.5 Å². The minimum atomic E-state index is 0.391. The molecule has 2 N–H and O–H groups in total. The first-order valence-electron chi connectivity index (χ1n) is 5.50. The molecule has 84 valence electrons. The van der Waals surface area contributed by atoms with Crippen molar-refractivity contribution in [1.82, 2.24) is 0 Å². The summed E-state index contributed by atoms with van der Waals surface area (Å²) in [7, 11) is 0. The molecule has 2 nitrogen and oxygen atoms in total. The number of nitrogens with two attached hydrogens (primary N) is 1. The SMILES string of the molecule is NC1=Nc2c(Cl)cc(Cl)cc2C2CCCC12. The molecule has 1 aliphatic carbocycles. The molecule has 1 saturated carbocycles. The molecule has 3 rings (SSSR count). The van der Waals surface area contributed by atoms with Gasteiger partial charge in [-0.1, -0.05) is 29.6 Å². The second kappa shape index (κ2) is 3.64. The van der Waals surface area contributed by atoms with Gasteiger partial charge in [0.25, 0.3) is 0 Å². The number of benzene rings is 1. The van der Waals surface area contributed by atoms with E-state index in [-0.39, 0.29) is 0 Å². The van der Waals surface area contributed by atoms with Crippen LogP contribution >= 0.6 is 23.2 Å². The standard InChI is InChI=1S/C12H12Cl2N2/c13-6-4-9-7-2-1-3-8(7)12(15)16-11(9)10(14)5-6/h4-5,7-8H,1-3H2,(H2,15,16). The second-order valence-corrected chi connectivity index (χ2v) is 5.35. The molecule has 0 amide bonds. The maximum absolute atomic E-state index is 6.16. The lowest BCUT2D eigenvalue weighted by atomic mass is 9.85. The summed E-state index contributed by atoms with van der Waals surface area (Å²) in [6, 6.07) is 3.72. The highest BCUT2D eigenvalue weighted by Crippen LogP contribution is 2.49. The predicted molar refractivity (Wildman–Crippen MR) is 67.8 cm³/mol. The van der Waals surface area contributed by atoms with Crippen LogP contribution < -0.4 is 5.73 Å². The fourth-order valence-electron chi connectivity index (χ4n) is 2.88. The van der Waals surface area contributed by atoms with Gasteiger partial charge < -0.3 is 5.73 Å². The molecule has 4 heteroatoms. The van der Waals surface area contributed by atoms with E-state index in [4.69, 9.17) is 28.9 Å². The lowest BCUT2D eigenvalue weighted by Crippen LogP contribution is -2.28. The third kappa shape index (κ3) is 1.44. The number of hydrogen-bond donors (Lipinski definition) is 1. The number of rotatable bonds is 0. The molecule has 1 aromatic carbocycles. The van der Waals surface area contributed by atoms with Crippen molar-refractivity contribution in [2.75, 3.05) is 0 Å². The second-order valence-electron chi connectivity index (χ2n) is 4.51. The van der Waals surface area contributed by atoms with Crippen LogP contribution in [0.5, 0.6) is 0 Å². The lowest BCUT2D eigenvalue weighted by molar-refractivity contribution is 0.610. The van der Waals surface area contributed by atoms with Crippen LogP contribution in [0.2, 0.25) is 10.0 Å². The van der Waals surface area contributed by atoms with Crippen molar-refractivity contribution in [3.8, 4) is 0 Å². The highest BCUT2D eigenvalue weighted by Gasteiger charge is 2.36. The van der Waals surface area contributed by atoms with E-state index in [0.29, 0.717) is 21.9 Å². The molecule has 0 saturated heterocycles. The number of halogens is 2. The minimum absolute atomic E-state index is 0.391. The molecule has 16 heavy (non-hydrogen) atoms. The van der Waals surface area contributed by atoms with Crippen molar-refractivity contribution >= 4 is 34.7 Å². The summed E-state index contributed by atoms with van der Waals surface area (Å²) < 4.78 is 0. The molecular formula is C12H12Cl2N2. The number of nitrogens with zero attached hydrogens (tertiary/aromatic N) is 1. The topological polar surface area (TPSA) is 38.4 Å². The van der Waals surface area contributed by atoms with Gasteiger partial charge in [0, 0.05) is 10.9 Å². The van der Waals surface area contributed by atoms with Gasteiger partial charge in [-0.3, -0.25) is 0 Å². The minimum Gasteiger partial charge on any atom is -0.387 e. The monoisotopic (exact) mass is 254 g/mol. The van der Waals surface area contributed by atoms with E-state index in [1.807, 2.05) is 6.07 Å². The quantitative estimate of drug-likeness (QED) is 0.750. The molecular weight excluding hydrogens is 243 g/mol. The zero-order chi connectivity index (χ0) is 11.3. The van der Waals surface area contributed by atoms with Crippen molar-refractivity contribution in [3.63, 3.8) is 0 Å². The number of aliphatic imine (C=N–C) groups is 1. The normalized spacial score (nSPS) is 27.2. The Morgan fingerprint density at radius 3 is 2.75 bits per heavy atom. The Kier molecular flexibility index (Phi) is 2.37. The largest absolute Gasteiger partial charge is 0.387 e. The molecule has 0 radical (unpaired) electrons. The first-order chi connectivity index (χ1) is 7.66. The first-order valence-corrected chi connectivity index (χ1v) is 6.25. The van der Waals surface area contributed by atoms with Crippen molar-refractivity contribution in [1.29, 1.82) is 0 Å². The van der Waals surface area contributed by atoms with E-state index >= 15 is 0 Å². The Hall–Kier alpha value is -0.730. The summed E-state index contributed by atoms with van der Waals surface area (Å²) in [6.07, 6.45) is 3.49. The van der Waals surface area contributed by atoms with Gasteiger partial charge in [-0.2, -0.15) is 0 Å². The van der Waals surface area contributed by atoms with Crippen LogP contribution in [0.15, 0.2) is 17.1 Å². The summed E-state index contributed by atoms with van der Waals surface area (Å²) in [5.41, 5.74) is 8.00. The molecule has 0 aromatic heterocycles. The first kappa shape index (κ1) is 10.4. The Bertz CT molecular complexity index is 482. The average Bonchev–Trinajstić information content (AvgIpc) is 2.69. The van der Waals surface area contributed by atoms with Gasteiger partial charge in [0.15, 0.2) is 0 Å². The van der Waals surface area contributed by atoms with Crippen LogP contribution in [0.4, 0.5) is 5.69 Å². The predicted octanol–water partition coefficient (Wildman–Crippen LogP) is 3.88. The van der Waals surface area contributed by atoms with E-state index in [2.05, 4.69) is 4.99 Å². The van der Waals surface area contributed by atoms with Crippen LogP contribution in [0.25, 0.3) is 0 Å². The molecule has 2 aliphatic rings. The highest BCUT2D eigenvalue weighted by atomic mass is 35.5. The summed E-state index contributed by atoms with van der Waals surface area (Å²) >= 11 is 12.2. The Morgan fingerprint density at radius 1 is 1.19 bits per heavy atom. The molecule has 1 fully saturated rings. The lowest BCUT2D eigenvalue weighted by Gasteiger charge is -2.26. The molecule has 1 aliphatic heterocycles. The van der Waals surface area contributed by atoms with Crippen LogP contribution in [0, 0.1) is 5.92 Å². The van der Waals surface area contributed by atoms with Crippen LogP contribution in [-0.2, 0) is 0 Å². The number of fused-ring (bicyclic) bond motifs is 3. The average molecular weight is 255 g/mol. The zero-order valence-electron chi connectivity index (χ0n) is 8.71. The van der Waals surface area contributed by atoms with E-state index in [1.165, 1.54) is 12.0 Å². The fraction of sp³-hybridized carbons (Fsp3) is 0.417. The van der Waals surface area contributed by atoms with Crippen LogP contribution in [0.1, 0.15) is 30.7 Å². The van der Waals surface area contributed by atoms with Gasteiger partial charge in [0.2, 0.25) is 0 Å². The number of amidine groups is 1. The molecule has 2 atom stereocenters. The van der Waals surface area contributed by atoms with Crippen molar-refractivity contribution in [2.45, 2.75) is 25.2 Å². The van der Waals surface area contributed by atoms with E-state index in [1.54, 1.807) is 6.07 Å². The molecule has 0 spiro atoms. The van der Waals surface area contributed by atoms with Crippen molar-refractivity contribution in [3.05, 3.63) is 27.7 Å². The fourth-order valence-corrected chi connectivity index (χ4v) is 3.44. The van der Waals surface area contributed by atoms with Gasteiger partial charge in [-0.25, -0.2) is 4.99 Å². The van der Waals surface area contributed by atoms with Gasteiger partial charge in [-0.15, -0.1) is 0 Å². The zero-order valence-corrected chi connectivity index (χ0v) is 10.2. The number of hydrogen-bond acceptors (Lipinski definition) is 2. The van der Waals surface area contributed by atoms with Crippen molar-refractivity contribution in [2.24, 2.45) is 16.6 Å². The Balaban J connectivity index is 2.22. The molecule has 2 unspecified atom stereocenters. The van der Waals surface area contributed by atoms with E-state index < -0.39 is 0 Å². The third-order valence-corrected chi connectivity index (χ3v) is 4.10. The van der Waals surface area contributed by atoms with Crippen LogP contribution in [-0.4, -0.2) is 5.84 Å². The summed E-state index contributed by atoms with van der Waals surface area (Å²) in [4.78, 5) is 4.43. The van der Waals surface area contributed by atoms with E-state index in [0.717, 1.165) is 24.4 Å². The highest BCUT2D eigenvalue weighted by molar-refractivity contribution is 6.36. The summed E-state index contributed by atoms with van der Waals surface area (Å²) in [5, 5.41) is 1.29. The van der Waals surface area contributed by atoms with Crippen molar-refractivity contribution < 1.29 is 0 Å². The maximum Gasteiger partial charge on any atom is 0.103 e. The Morgan fingerprint density at radius 2 is 1.94 bits per heavy atom. The van der Waals surface area contributed by atoms with Crippen LogP contribution in [0.3, 0.4) is 0 Å². The van der Waals surface area contributed by atoms with Gasteiger partial charge in [0.05, 0.1) is 10.7 Å².